The molecule has 2 fully saturated rings. The summed E-state index contributed by atoms with van der Waals surface area (Å²) in [5.74, 6) is 0.0788. The molecule has 1 aliphatic heterocycles. The third-order valence-corrected chi connectivity index (χ3v) is 4.72. The van der Waals surface area contributed by atoms with Gasteiger partial charge in [-0.3, -0.25) is 9.30 Å². The van der Waals surface area contributed by atoms with Crippen LogP contribution < -0.4 is 0 Å². The van der Waals surface area contributed by atoms with E-state index in [4.69, 9.17) is 0 Å². The van der Waals surface area contributed by atoms with Crippen LogP contribution in [0.25, 0.3) is 5.65 Å². The second kappa shape index (κ2) is 5.67. The molecule has 0 bridgehead atoms. The van der Waals surface area contributed by atoms with Crippen LogP contribution in [0.2, 0.25) is 0 Å². The van der Waals surface area contributed by atoms with Crippen LogP contribution in [0.1, 0.15) is 36.6 Å². The lowest BCUT2D eigenvalue weighted by atomic mass is 10.1. The molecule has 0 spiro atoms. The Hall–Kier alpha value is -1.82. The molecule has 23 heavy (non-hydrogen) atoms. The molecule has 0 amide bonds. The summed E-state index contributed by atoms with van der Waals surface area (Å²) in [6, 6.07) is 3.11. The van der Waals surface area contributed by atoms with Crippen LogP contribution in [0.15, 0.2) is 30.5 Å². The fourth-order valence-corrected chi connectivity index (χ4v) is 3.46. The Bertz CT molecular complexity index is 760. The van der Waals surface area contributed by atoms with Crippen molar-refractivity contribution in [2.75, 3.05) is 13.1 Å². The summed E-state index contributed by atoms with van der Waals surface area (Å²) < 4.78 is 40.2. The molecule has 0 N–H and O–H groups in total. The van der Waals surface area contributed by atoms with Crippen molar-refractivity contribution in [2.45, 2.75) is 31.7 Å². The molecule has 1 atom stereocenters. The van der Waals surface area contributed by atoms with Crippen molar-refractivity contribution in [3.63, 3.8) is 0 Å². The first-order chi connectivity index (χ1) is 11.1. The van der Waals surface area contributed by atoms with Crippen molar-refractivity contribution in [3.05, 3.63) is 47.7 Å². The molecule has 1 aliphatic carbocycles. The molecular formula is C17H18F3N3. The Kier molecular flexibility index (Phi) is 3.64. The van der Waals surface area contributed by atoms with Gasteiger partial charge in [-0.1, -0.05) is 0 Å². The maximum absolute atomic E-state index is 13.6. The first-order valence-electron chi connectivity index (χ1n) is 8.01. The molecule has 2 aliphatic rings. The van der Waals surface area contributed by atoms with Gasteiger partial charge >= 0.3 is 0 Å². The summed E-state index contributed by atoms with van der Waals surface area (Å²) in [7, 11) is 0. The summed E-state index contributed by atoms with van der Waals surface area (Å²) >= 11 is 0. The van der Waals surface area contributed by atoms with E-state index in [0.717, 1.165) is 48.9 Å². The maximum Gasteiger partial charge on any atom is 0.266 e. The van der Waals surface area contributed by atoms with Crippen molar-refractivity contribution in [3.8, 4) is 0 Å². The van der Waals surface area contributed by atoms with Crippen molar-refractivity contribution >= 4 is 5.65 Å². The number of hydrogen-bond acceptors (Lipinski definition) is 2. The van der Waals surface area contributed by atoms with Gasteiger partial charge in [0.25, 0.3) is 6.08 Å². The van der Waals surface area contributed by atoms with E-state index in [-0.39, 0.29) is 11.7 Å². The van der Waals surface area contributed by atoms with Gasteiger partial charge in [-0.05, 0) is 49.9 Å². The van der Waals surface area contributed by atoms with E-state index in [1.807, 2.05) is 4.40 Å². The average Bonchev–Trinajstić information content (AvgIpc) is 3.16. The van der Waals surface area contributed by atoms with Gasteiger partial charge in [0, 0.05) is 25.2 Å². The van der Waals surface area contributed by atoms with Crippen LogP contribution in [0.4, 0.5) is 13.2 Å². The summed E-state index contributed by atoms with van der Waals surface area (Å²) in [6.45, 7) is 2.03. The van der Waals surface area contributed by atoms with Gasteiger partial charge in [0.05, 0.1) is 11.4 Å². The molecule has 122 valence electrons. The molecule has 4 rings (SSSR count). The molecule has 1 unspecified atom stereocenters. The minimum absolute atomic E-state index is 0.0969. The van der Waals surface area contributed by atoms with Crippen LogP contribution in [-0.4, -0.2) is 27.4 Å². The predicted octanol–water partition coefficient (Wildman–Crippen LogP) is 3.95. The Morgan fingerprint density at radius 3 is 2.83 bits per heavy atom. The van der Waals surface area contributed by atoms with Crippen molar-refractivity contribution in [1.29, 1.82) is 0 Å². The van der Waals surface area contributed by atoms with E-state index in [1.54, 1.807) is 6.07 Å². The number of rotatable bonds is 4. The smallest absolute Gasteiger partial charge is 0.266 e. The summed E-state index contributed by atoms with van der Waals surface area (Å²) in [5.41, 5.74) is 2.81. The minimum atomic E-state index is -1.60. The monoisotopic (exact) mass is 321 g/mol. The molecule has 2 aromatic heterocycles. The highest BCUT2D eigenvalue weighted by molar-refractivity contribution is 5.45. The highest BCUT2D eigenvalue weighted by Gasteiger charge is 2.31. The highest BCUT2D eigenvalue weighted by atomic mass is 19.3. The largest absolute Gasteiger partial charge is 0.300 e. The van der Waals surface area contributed by atoms with Gasteiger partial charge in [0.1, 0.15) is 11.5 Å². The quantitative estimate of drug-likeness (QED) is 0.850. The van der Waals surface area contributed by atoms with Gasteiger partial charge in [-0.25, -0.2) is 9.37 Å². The van der Waals surface area contributed by atoms with E-state index < -0.39 is 6.08 Å². The number of hydrogen-bond donors (Lipinski definition) is 0. The van der Waals surface area contributed by atoms with Crippen LogP contribution >= 0.6 is 0 Å². The van der Waals surface area contributed by atoms with Crippen LogP contribution in [0, 0.1) is 11.7 Å². The molecule has 0 aromatic carbocycles. The molecular weight excluding hydrogens is 303 g/mol. The topological polar surface area (TPSA) is 20.5 Å². The predicted molar refractivity (Wildman–Crippen MR) is 80.8 cm³/mol. The lowest BCUT2D eigenvalue weighted by Crippen LogP contribution is -2.21. The maximum atomic E-state index is 13.6. The molecule has 3 nitrogen and oxygen atoms in total. The normalized spacial score (nSPS) is 22.0. The average molecular weight is 321 g/mol. The zero-order valence-electron chi connectivity index (χ0n) is 12.7. The van der Waals surface area contributed by atoms with Gasteiger partial charge in [-0.15, -0.1) is 0 Å². The molecule has 1 saturated carbocycles. The number of fused-ring (bicyclic) bond motifs is 1. The summed E-state index contributed by atoms with van der Waals surface area (Å²) in [4.78, 5) is 6.82. The number of likely N-dealkylation sites (tertiary alicyclic amines) is 1. The number of aromatic nitrogens is 2. The Labute approximate surface area is 132 Å². The first-order valence-corrected chi connectivity index (χ1v) is 8.01. The van der Waals surface area contributed by atoms with Gasteiger partial charge in [0.15, 0.2) is 0 Å². The van der Waals surface area contributed by atoms with E-state index in [0.29, 0.717) is 19.0 Å². The lowest BCUT2D eigenvalue weighted by Gasteiger charge is -2.16. The van der Waals surface area contributed by atoms with Crippen molar-refractivity contribution < 1.29 is 13.2 Å². The van der Waals surface area contributed by atoms with E-state index in [2.05, 4.69) is 9.88 Å². The van der Waals surface area contributed by atoms with Crippen LogP contribution in [-0.2, 0) is 6.54 Å². The second-order valence-corrected chi connectivity index (χ2v) is 6.53. The van der Waals surface area contributed by atoms with E-state index >= 15 is 0 Å². The third kappa shape index (κ3) is 3.00. The Balaban J connectivity index is 1.62. The van der Waals surface area contributed by atoms with Crippen molar-refractivity contribution in [1.82, 2.24) is 14.3 Å². The fourth-order valence-electron chi connectivity index (χ4n) is 3.46. The van der Waals surface area contributed by atoms with Gasteiger partial charge in [-0.2, -0.15) is 8.78 Å². The van der Waals surface area contributed by atoms with Gasteiger partial charge in [0.2, 0.25) is 0 Å². The summed E-state index contributed by atoms with van der Waals surface area (Å²) in [5, 5.41) is 0. The van der Waals surface area contributed by atoms with Gasteiger partial charge < -0.3 is 0 Å². The van der Waals surface area contributed by atoms with Crippen LogP contribution in [0.3, 0.4) is 0 Å². The standard InChI is InChI=1S/C17H18F3N3/c18-13-3-4-16-21-17(12-1-2-12)14(23(16)9-13)10-22-6-5-11(8-22)7-15(19)20/h3-4,7,9,11-12H,1-2,5-6,8,10H2. The fraction of sp³-hybridized carbons (Fsp3) is 0.471. The SMILES string of the molecule is FC(F)=CC1CCN(Cc2c(C3CC3)nc3ccc(F)cn23)C1. The molecule has 3 heterocycles. The highest BCUT2D eigenvalue weighted by Crippen LogP contribution is 2.42. The number of imidazole rings is 1. The first kappa shape index (κ1) is 14.8. The number of nitrogens with zero attached hydrogens (tertiary/aromatic N) is 3. The second-order valence-electron chi connectivity index (χ2n) is 6.53. The zero-order valence-corrected chi connectivity index (χ0v) is 12.7. The molecule has 1 saturated heterocycles. The van der Waals surface area contributed by atoms with Crippen molar-refractivity contribution in [2.24, 2.45) is 5.92 Å². The Morgan fingerprint density at radius 2 is 2.09 bits per heavy atom. The lowest BCUT2D eigenvalue weighted by molar-refractivity contribution is 0.316. The van der Waals surface area contributed by atoms with Crippen LogP contribution in [0.5, 0.6) is 0 Å². The minimum Gasteiger partial charge on any atom is -0.300 e. The third-order valence-electron chi connectivity index (χ3n) is 4.72. The van der Waals surface area contributed by atoms with E-state index in [1.165, 1.54) is 12.3 Å². The zero-order chi connectivity index (χ0) is 16.0. The molecule has 6 heteroatoms. The Morgan fingerprint density at radius 1 is 1.26 bits per heavy atom. The molecule has 2 aromatic rings. The number of halogens is 3. The molecule has 0 radical (unpaired) electrons. The summed E-state index contributed by atoms with van der Waals surface area (Å²) in [6.07, 6.45) is 3.90. The number of pyridine rings is 1. The van der Waals surface area contributed by atoms with E-state index in [9.17, 15) is 13.2 Å².